The van der Waals surface area contributed by atoms with Crippen LogP contribution in [-0.2, 0) is 10.0 Å². The Bertz CT molecular complexity index is 322. The summed E-state index contributed by atoms with van der Waals surface area (Å²) >= 11 is 0. The Labute approximate surface area is 104 Å². The molecule has 0 atom stereocenters. The molecule has 0 aromatic carbocycles. The third-order valence-corrected chi connectivity index (χ3v) is 5.25. The lowest BCUT2D eigenvalue weighted by atomic mass is 9.99. The monoisotopic (exact) mass is 261 g/mol. The van der Waals surface area contributed by atoms with Crippen LogP contribution in [0.3, 0.4) is 0 Å². The molecule has 0 spiro atoms. The molecule has 2 fully saturated rings. The third kappa shape index (κ3) is 4.56. The van der Waals surface area contributed by atoms with Gasteiger partial charge in [0.25, 0.3) is 0 Å². The van der Waals surface area contributed by atoms with E-state index in [0.29, 0.717) is 25.3 Å². The zero-order valence-corrected chi connectivity index (χ0v) is 11.1. The van der Waals surface area contributed by atoms with Crippen molar-refractivity contribution in [2.24, 2.45) is 17.8 Å². The molecule has 0 aromatic heterocycles. The molecule has 2 saturated carbocycles. The van der Waals surface area contributed by atoms with Gasteiger partial charge in [-0.1, -0.05) is 0 Å². The van der Waals surface area contributed by atoms with Gasteiger partial charge in [0.1, 0.15) is 0 Å². The van der Waals surface area contributed by atoms with Crippen molar-refractivity contribution in [1.29, 1.82) is 0 Å². The molecule has 0 unspecified atom stereocenters. The van der Waals surface area contributed by atoms with Crippen LogP contribution in [0.2, 0.25) is 0 Å². The number of unbranched alkanes of at least 4 members (excludes halogenated alkanes) is 1. The van der Waals surface area contributed by atoms with Gasteiger partial charge < -0.3 is 5.11 Å². The molecule has 2 aliphatic rings. The second-order valence-corrected chi connectivity index (χ2v) is 7.36. The molecule has 0 bridgehead atoms. The molecule has 2 N–H and O–H groups in total. The van der Waals surface area contributed by atoms with Gasteiger partial charge in [0, 0.05) is 13.2 Å². The van der Waals surface area contributed by atoms with E-state index in [1.807, 2.05) is 0 Å². The van der Waals surface area contributed by atoms with E-state index in [-0.39, 0.29) is 12.4 Å². The fraction of sp³-hybridized carbons (Fsp3) is 1.00. The van der Waals surface area contributed by atoms with Crippen molar-refractivity contribution in [3.05, 3.63) is 0 Å². The summed E-state index contributed by atoms with van der Waals surface area (Å²) in [6, 6.07) is 0. The Balaban J connectivity index is 1.71. The first kappa shape index (κ1) is 13.3. The fourth-order valence-corrected chi connectivity index (χ4v) is 3.64. The second kappa shape index (κ2) is 5.67. The lowest BCUT2D eigenvalue weighted by molar-refractivity contribution is 0.287. The van der Waals surface area contributed by atoms with E-state index in [1.165, 1.54) is 25.7 Å². The number of hydrogen-bond acceptors (Lipinski definition) is 3. The van der Waals surface area contributed by atoms with Gasteiger partial charge >= 0.3 is 0 Å². The average molecular weight is 261 g/mol. The van der Waals surface area contributed by atoms with Crippen LogP contribution in [0.15, 0.2) is 0 Å². The highest BCUT2D eigenvalue weighted by molar-refractivity contribution is 7.89. The average Bonchev–Trinajstić information content (AvgIpc) is 3.13. The number of hydrogen-bond donors (Lipinski definition) is 2. The number of nitrogens with one attached hydrogen (secondary N) is 1. The van der Waals surface area contributed by atoms with Crippen LogP contribution in [0.25, 0.3) is 0 Å². The first-order valence-corrected chi connectivity index (χ1v) is 8.36. The quantitative estimate of drug-likeness (QED) is 0.611. The van der Waals surface area contributed by atoms with E-state index < -0.39 is 10.0 Å². The molecular weight excluding hydrogens is 238 g/mol. The van der Waals surface area contributed by atoms with Crippen LogP contribution < -0.4 is 4.72 Å². The van der Waals surface area contributed by atoms with Crippen LogP contribution >= 0.6 is 0 Å². The van der Waals surface area contributed by atoms with Gasteiger partial charge in [-0.3, -0.25) is 0 Å². The maximum absolute atomic E-state index is 11.7. The van der Waals surface area contributed by atoms with Crippen LogP contribution in [0.5, 0.6) is 0 Å². The molecule has 0 aromatic rings. The summed E-state index contributed by atoms with van der Waals surface area (Å²) in [5.41, 5.74) is 0. The minimum Gasteiger partial charge on any atom is -0.396 e. The van der Waals surface area contributed by atoms with Gasteiger partial charge in [0.2, 0.25) is 10.0 Å². The van der Waals surface area contributed by atoms with Crippen molar-refractivity contribution >= 4 is 10.0 Å². The summed E-state index contributed by atoms with van der Waals surface area (Å²) < 4.78 is 26.2. The van der Waals surface area contributed by atoms with E-state index in [2.05, 4.69) is 4.72 Å². The van der Waals surface area contributed by atoms with Crippen LogP contribution in [0.4, 0.5) is 0 Å². The molecule has 5 heteroatoms. The maximum atomic E-state index is 11.7. The SMILES string of the molecule is O=S(=O)(CCCCO)NCC(C1CC1)C1CC1. The van der Waals surface area contributed by atoms with Crippen molar-refractivity contribution in [1.82, 2.24) is 4.72 Å². The molecule has 100 valence electrons. The van der Waals surface area contributed by atoms with Gasteiger partial charge in [-0.05, 0) is 56.3 Å². The number of aliphatic hydroxyl groups is 1. The van der Waals surface area contributed by atoms with Crippen molar-refractivity contribution < 1.29 is 13.5 Å². The highest BCUT2D eigenvalue weighted by Gasteiger charge is 2.41. The van der Waals surface area contributed by atoms with Gasteiger partial charge in [-0.2, -0.15) is 0 Å². The number of aliphatic hydroxyl groups excluding tert-OH is 1. The molecule has 17 heavy (non-hydrogen) atoms. The summed E-state index contributed by atoms with van der Waals surface area (Å²) in [6.45, 7) is 0.707. The highest BCUT2D eigenvalue weighted by Crippen LogP contribution is 2.48. The Morgan fingerprint density at radius 3 is 2.18 bits per heavy atom. The topological polar surface area (TPSA) is 66.4 Å². The molecule has 0 amide bonds. The van der Waals surface area contributed by atoms with E-state index in [9.17, 15) is 8.42 Å². The molecule has 2 aliphatic carbocycles. The van der Waals surface area contributed by atoms with E-state index >= 15 is 0 Å². The normalized spacial score (nSPS) is 21.1. The Kier molecular flexibility index (Phi) is 4.44. The van der Waals surface area contributed by atoms with Gasteiger partial charge in [0.05, 0.1) is 5.75 Å². The van der Waals surface area contributed by atoms with Crippen LogP contribution in [0.1, 0.15) is 38.5 Å². The largest absolute Gasteiger partial charge is 0.396 e. The molecule has 0 radical (unpaired) electrons. The molecule has 0 saturated heterocycles. The van der Waals surface area contributed by atoms with Gasteiger partial charge in [-0.15, -0.1) is 0 Å². The summed E-state index contributed by atoms with van der Waals surface area (Å²) in [5.74, 6) is 2.29. The van der Waals surface area contributed by atoms with Crippen LogP contribution in [-0.4, -0.2) is 32.4 Å². The molecule has 0 heterocycles. The van der Waals surface area contributed by atoms with Crippen molar-refractivity contribution in [3.63, 3.8) is 0 Å². The van der Waals surface area contributed by atoms with E-state index in [4.69, 9.17) is 5.11 Å². The lowest BCUT2D eigenvalue weighted by Gasteiger charge is -2.16. The standard InChI is InChI=1S/C12H23NO3S/c14-7-1-2-8-17(15,16)13-9-12(10-3-4-10)11-5-6-11/h10-14H,1-9H2. The minimum atomic E-state index is -3.12. The Morgan fingerprint density at radius 1 is 1.12 bits per heavy atom. The summed E-state index contributed by atoms with van der Waals surface area (Å²) in [5, 5.41) is 8.63. The van der Waals surface area contributed by atoms with Crippen molar-refractivity contribution in [2.45, 2.75) is 38.5 Å². The van der Waals surface area contributed by atoms with Crippen molar-refractivity contribution in [3.8, 4) is 0 Å². The summed E-state index contributed by atoms with van der Waals surface area (Å²) in [6.07, 6.45) is 6.25. The zero-order valence-electron chi connectivity index (χ0n) is 10.3. The smallest absolute Gasteiger partial charge is 0.211 e. The van der Waals surface area contributed by atoms with E-state index in [1.54, 1.807) is 0 Å². The van der Waals surface area contributed by atoms with Crippen molar-refractivity contribution in [2.75, 3.05) is 18.9 Å². The molecular formula is C12H23NO3S. The third-order valence-electron chi connectivity index (χ3n) is 3.82. The number of rotatable bonds is 9. The first-order valence-electron chi connectivity index (χ1n) is 6.70. The minimum absolute atomic E-state index is 0.0717. The van der Waals surface area contributed by atoms with Gasteiger partial charge in [-0.25, -0.2) is 13.1 Å². The highest BCUT2D eigenvalue weighted by atomic mass is 32.2. The summed E-state index contributed by atoms with van der Waals surface area (Å²) in [4.78, 5) is 0. The van der Waals surface area contributed by atoms with Crippen LogP contribution in [0, 0.1) is 17.8 Å². The Morgan fingerprint density at radius 2 is 1.71 bits per heavy atom. The molecule has 0 aliphatic heterocycles. The zero-order chi connectivity index (χ0) is 12.3. The number of sulfonamides is 1. The second-order valence-electron chi connectivity index (χ2n) is 5.44. The predicted molar refractivity (Wildman–Crippen MR) is 67.0 cm³/mol. The fourth-order valence-electron chi connectivity index (χ4n) is 2.47. The maximum Gasteiger partial charge on any atom is 0.211 e. The molecule has 2 rings (SSSR count). The van der Waals surface area contributed by atoms with Gasteiger partial charge in [0.15, 0.2) is 0 Å². The Hall–Kier alpha value is -0.130. The molecule has 4 nitrogen and oxygen atoms in total. The summed E-state index contributed by atoms with van der Waals surface area (Å²) in [7, 11) is -3.12. The predicted octanol–water partition coefficient (Wildman–Crippen LogP) is 1.11. The van der Waals surface area contributed by atoms with E-state index in [0.717, 1.165) is 11.8 Å². The first-order chi connectivity index (χ1) is 8.12. The lowest BCUT2D eigenvalue weighted by Crippen LogP contribution is -2.33.